The van der Waals surface area contributed by atoms with Crippen LogP contribution in [0.25, 0.3) is 0 Å². The summed E-state index contributed by atoms with van der Waals surface area (Å²) in [6, 6.07) is 17.9. The molecule has 0 radical (unpaired) electrons. The van der Waals surface area contributed by atoms with E-state index in [0.717, 1.165) is 36.4 Å². The number of para-hydroxylation sites is 1. The average molecular weight is 389 g/mol. The lowest BCUT2D eigenvalue weighted by molar-refractivity contribution is -0.132. The Labute approximate surface area is 151 Å². The summed E-state index contributed by atoms with van der Waals surface area (Å²) < 4.78 is 6.69. The van der Waals surface area contributed by atoms with Crippen LogP contribution in [0.1, 0.15) is 6.42 Å². The zero-order chi connectivity index (χ0) is 16.8. The van der Waals surface area contributed by atoms with Gasteiger partial charge in [0.2, 0.25) is 5.91 Å². The molecule has 0 atom stereocenters. The monoisotopic (exact) mass is 388 g/mol. The van der Waals surface area contributed by atoms with Gasteiger partial charge in [-0.25, -0.2) is 0 Å². The van der Waals surface area contributed by atoms with Gasteiger partial charge in [-0.05, 0) is 36.4 Å². The van der Waals surface area contributed by atoms with Gasteiger partial charge in [0.1, 0.15) is 5.75 Å². The minimum absolute atomic E-state index is 0.168. The lowest BCUT2D eigenvalue weighted by Crippen LogP contribution is -2.49. The van der Waals surface area contributed by atoms with Crippen LogP contribution in [0.15, 0.2) is 59.1 Å². The lowest BCUT2D eigenvalue weighted by Gasteiger charge is -2.36. The van der Waals surface area contributed by atoms with Gasteiger partial charge in [0.05, 0.1) is 13.0 Å². The van der Waals surface area contributed by atoms with Crippen LogP contribution in [0.2, 0.25) is 0 Å². The van der Waals surface area contributed by atoms with Crippen LogP contribution in [0.3, 0.4) is 0 Å². The van der Waals surface area contributed by atoms with Gasteiger partial charge in [-0.3, -0.25) is 4.79 Å². The molecule has 0 aromatic heterocycles. The third-order valence-electron chi connectivity index (χ3n) is 4.15. The predicted molar refractivity (Wildman–Crippen MR) is 99.5 cm³/mol. The fourth-order valence-electron chi connectivity index (χ4n) is 2.80. The Kier molecular flexibility index (Phi) is 5.75. The van der Waals surface area contributed by atoms with Gasteiger partial charge in [-0.2, -0.15) is 0 Å². The molecule has 3 rings (SSSR count). The molecule has 0 saturated carbocycles. The number of ether oxygens (including phenoxy) is 1. The maximum atomic E-state index is 12.3. The highest BCUT2D eigenvalue weighted by atomic mass is 79.9. The van der Waals surface area contributed by atoms with Crippen molar-refractivity contribution < 1.29 is 9.53 Å². The summed E-state index contributed by atoms with van der Waals surface area (Å²) in [7, 11) is 0. The van der Waals surface area contributed by atoms with Crippen molar-refractivity contribution in [2.45, 2.75) is 6.42 Å². The highest BCUT2D eigenvalue weighted by molar-refractivity contribution is 9.10. The third-order valence-corrected chi connectivity index (χ3v) is 4.68. The molecule has 4 nitrogen and oxygen atoms in total. The maximum Gasteiger partial charge on any atom is 0.226 e. The van der Waals surface area contributed by atoms with Gasteiger partial charge >= 0.3 is 0 Å². The topological polar surface area (TPSA) is 32.8 Å². The van der Waals surface area contributed by atoms with E-state index in [1.54, 1.807) is 0 Å². The molecule has 1 aliphatic heterocycles. The first-order valence-corrected chi connectivity index (χ1v) is 8.98. The summed E-state index contributed by atoms with van der Waals surface area (Å²) >= 11 is 3.46. The second-order valence-electron chi connectivity index (χ2n) is 5.76. The van der Waals surface area contributed by atoms with Gasteiger partial charge in [-0.15, -0.1) is 0 Å². The number of halogens is 1. The summed E-state index contributed by atoms with van der Waals surface area (Å²) in [5, 5.41) is 0. The number of hydrogen-bond acceptors (Lipinski definition) is 3. The molecular weight excluding hydrogens is 368 g/mol. The fourth-order valence-corrected chi connectivity index (χ4v) is 3.06. The standard InChI is InChI=1S/C19H21BrN2O2/c20-16-6-8-17(9-7-16)21-11-13-22(14-12-21)19(23)10-15-24-18-4-2-1-3-5-18/h1-9H,10-15H2. The number of carbonyl (C=O) groups excluding carboxylic acids is 1. The molecule has 126 valence electrons. The Hall–Kier alpha value is -2.01. The Balaban J connectivity index is 1.42. The van der Waals surface area contributed by atoms with Crippen molar-refractivity contribution in [3.8, 4) is 5.75 Å². The molecule has 0 spiro atoms. The summed E-state index contributed by atoms with van der Waals surface area (Å²) in [5.74, 6) is 0.978. The van der Waals surface area contributed by atoms with E-state index in [-0.39, 0.29) is 5.91 Å². The van der Waals surface area contributed by atoms with Gasteiger partial charge in [-0.1, -0.05) is 34.1 Å². The summed E-state index contributed by atoms with van der Waals surface area (Å²) in [6.07, 6.45) is 0.424. The highest BCUT2D eigenvalue weighted by Gasteiger charge is 2.21. The summed E-state index contributed by atoms with van der Waals surface area (Å²) in [6.45, 7) is 3.69. The van der Waals surface area contributed by atoms with E-state index in [1.807, 2.05) is 47.4 Å². The Bertz CT molecular complexity index is 653. The molecule has 1 aliphatic rings. The first kappa shape index (κ1) is 16.8. The maximum absolute atomic E-state index is 12.3. The van der Waals surface area contributed by atoms with Crippen molar-refractivity contribution >= 4 is 27.5 Å². The van der Waals surface area contributed by atoms with E-state index in [2.05, 4.69) is 33.0 Å². The van der Waals surface area contributed by atoms with Crippen molar-refractivity contribution in [2.24, 2.45) is 0 Å². The molecule has 24 heavy (non-hydrogen) atoms. The van der Waals surface area contributed by atoms with Gasteiger partial charge in [0.25, 0.3) is 0 Å². The molecule has 0 aliphatic carbocycles. The summed E-state index contributed by atoms with van der Waals surface area (Å²) in [4.78, 5) is 16.5. The molecule has 0 N–H and O–H groups in total. The van der Waals surface area contributed by atoms with E-state index in [4.69, 9.17) is 4.74 Å². The van der Waals surface area contributed by atoms with E-state index >= 15 is 0 Å². The van der Waals surface area contributed by atoms with Crippen LogP contribution in [0, 0.1) is 0 Å². The Morgan fingerprint density at radius 2 is 1.62 bits per heavy atom. The Morgan fingerprint density at radius 3 is 2.29 bits per heavy atom. The number of nitrogens with zero attached hydrogens (tertiary/aromatic N) is 2. The third kappa shape index (κ3) is 4.51. The average Bonchev–Trinajstić information content (AvgIpc) is 2.63. The fraction of sp³-hybridized carbons (Fsp3) is 0.316. The van der Waals surface area contributed by atoms with E-state index in [1.165, 1.54) is 5.69 Å². The van der Waals surface area contributed by atoms with Crippen molar-refractivity contribution in [3.63, 3.8) is 0 Å². The molecule has 2 aromatic carbocycles. The van der Waals surface area contributed by atoms with Crippen LogP contribution in [-0.2, 0) is 4.79 Å². The van der Waals surface area contributed by atoms with Gasteiger partial charge in [0.15, 0.2) is 0 Å². The first-order chi connectivity index (χ1) is 11.7. The van der Waals surface area contributed by atoms with Gasteiger partial charge in [0, 0.05) is 36.3 Å². The van der Waals surface area contributed by atoms with E-state index < -0.39 is 0 Å². The van der Waals surface area contributed by atoms with Crippen molar-refractivity contribution in [1.82, 2.24) is 4.90 Å². The normalized spacial score (nSPS) is 14.5. The largest absolute Gasteiger partial charge is 0.493 e. The number of carbonyl (C=O) groups is 1. The lowest BCUT2D eigenvalue weighted by atomic mass is 10.2. The minimum atomic E-state index is 0.168. The number of piperazine rings is 1. The quantitative estimate of drug-likeness (QED) is 0.784. The molecule has 0 bridgehead atoms. The van der Waals surface area contributed by atoms with Gasteiger partial charge < -0.3 is 14.5 Å². The molecule has 0 unspecified atom stereocenters. The summed E-state index contributed by atoms with van der Waals surface area (Å²) in [5.41, 5.74) is 1.21. The van der Waals surface area contributed by atoms with Crippen molar-refractivity contribution in [2.75, 3.05) is 37.7 Å². The van der Waals surface area contributed by atoms with Crippen LogP contribution in [-0.4, -0.2) is 43.6 Å². The van der Waals surface area contributed by atoms with Crippen LogP contribution >= 0.6 is 15.9 Å². The first-order valence-electron chi connectivity index (χ1n) is 8.18. The number of amides is 1. The molecule has 1 heterocycles. The van der Waals surface area contributed by atoms with Crippen LogP contribution in [0.4, 0.5) is 5.69 Å². The zero-order valence-corrected chi connectivity index (χ0v) is 15.1. The molecule has 1 fully saturated rings. The van der Waals surface area contributed by atoms with E-state index in [9.17, 15) is 4.79 Å². The second kappa shape index (κ2) is 8.20. The number of rotatable bonds is 5. The van der Waals surface area contributed by atoms with Crippen molar-refractivity contribution in [3.05, 3.63) is 59.1 Å². The highest BCUT2D eigenvalue weighted by Crippen LogP contribution is 2.20. The van der Waals surface area contributed by atoms with Crippen LogP contribution in [0.5, 0.6) is 5.75 Å². The number of hydrogen-bond donors (Lipinski definition) is 0. The molecule has 1 saturated heterocycles. The number of anilines is 1. The number of benzene rings is 2. The van der Waals surface area contributed by atoms with Crippen molar-refractivity contribution in [1.29, 1.82) is 0 Å². The molecule has 1 amide bonds. The smallest absolute Gasteiger partial charge is 0.226 e. The predicted octanol–water partition coefficient (Wildman–Crippen LogP) is 3.57. The SMILES string of the molecule is O=C(CCOc1ccccc1)N1CCN(c2ccc(Br)cc2)CC1. The zero-order valence-electron chi connectivity index (χ0n) is 13.5. The minimum Gasteiger partial charge on any atom is -0.493 e. The van der Waals surface area contributed by atoms with E-state index in [0.29, 0.717) is 13.0 Å². The molecular formula is C19H21BrN2O2. The Morgan fingerprint density at radius 1 is 0.958 bits per heavy atom. The molecule has 2 aromatic rings. The second-order valence-corrected chi connectivity index (χ2v) is 6.67. The van der Waals surface area contributed by atoms with Crippen LogP contribution < -0.4 is 9.64 Å². The molecule has 5 heteroatoms.